The number of hydrogen-bond acceptors (Lipinski definition) is 4. The molecule has 1 aliphatic rings. The van der Waals surface area contributed by atoms with Gasteiger partial charge in [0.05, 0.1) is 25.4 Å². The second kappa shape index (κ2) is 9.19. The quantitative estimate of drug-likeness (QED) is 0.685. The van der Waals surface area contributed by atoms with E-state index in [2.05, 4.69) is 0 Å². The molecule has 2 aromatic rings. The molecule has 0 radical (unpaired) electrons. The van der Waals surface area contributed by atoms with E-state index in [0.717, 1.165) is 12.0 Å². The zero-order valence-electron chi connectivity index (χ0n) is 15.1. The monoisotopic (exact) mass is 369 g/mol. The SMILES string of the molecule is O=C(O)c1cc(OCCCOCc2ccccc2)cc(N2CCCC2=O)c1. The van der Waals surface area contributed by atoms with Crippen LogP contribution in [0.5, 0.6) is 5.75 Å². The summed E-state index contributed by atoms with van der Waals surface area (Å²) in [6.45, 7) is 2.11. The number of benzene rings is 2. The van der Waals surface area contributed by atoms with Gasteiger partial charge in [-0.25, -0.2) is 4.79 Å². The molecule has 3 rings (SSSR count). The van der Waals surface area contributed by atoms with Crippen molar-refractivity contribution in [2.75, 3.05) is 24.7 Å². The van der Waals surface area contributed by atoms with Crippen molar-refractivity contribution in [2.24, 2.45) is 0 Å². The van der Waals surface area contributed by atoms with Gasteiger partial charge >= 0.3 is 5.97 Å². The van der Waals surface area contributed by atoms with Gasteiger partial charge in [-0.1, -0.05) is 30.3 Å². The first-order chi connectivity index (χ1) is 13.1. The molecule has 0 aromatic heterocycles. The van der Waals surface area contributed by atoms with E-state index in [-0.39, 0.29) is 11.5 Å². The highest BCUT2D eigenvalue weighted by Gasteiger charge is 2.23. The number of carboxylic acid groups (broad SMARTS) is 1. The van der Waals surface area contributed by atoms with Crippen molar-refractivity contribution in [3.8, 4) is 5.75 Å². The van der Waals surface area contributed by atoms with Gasteiger partial charge in [0.15, 0.2) is 0 Å². The Morgan fingerprint density at radius 3 is 2.63 bits per heavy atom. The van der Waals surface area contributed by atoms with Gasteiger partial charge in [-0.15, -0.1) is 0 Å². The topological polar surface area (TPSA) is 76.1 Å². The fraction of sp³-hybridized carbons (Fsp3) is 0.333. The molecular weight excluding hydrogens is 346 g/mol. The molecule has 1 aliphatic heterocycles. The minimum absolute atomic E-state index is 0.0119. The summed E-state index contributed by atoms with van der Waals surface area (Å²) in [4.78, 5) is 24.9. The molecule has 27 heavy (non-hydrogen) atoms. The Balaban J connectivity index is 1.52. The largest absolute Gasteiger partial charge is 0.493 e. The van der Waals surface area contributed by atoms with E-state index in [1.807, 2.05) is 30.3 Å². The molecular formula is C21H23NO5. The van der Waals surface area contributed by atoms with Crippen molar-refractivity contribution >= 4 is 17.6 Å². The standard InChI is InChI=1S/C21H23NO5/c23-20-8-4-9-22(20)18-12-17(21(24)25)13-19(14-18)27-11-5-10-26-15-16-6-2-1-3-7-16/h1-3,6-7,12-14H,4-5,8-11,15H2,(H,24,25). The molecule has 1 amide bonds. The Bertz CT molecular complexity index is 790. The minimum Gasteiger partial charge on any atom is -0.493 e. The third-order valence-corrected chi connectivity index (χ3v) is 4.34. The fourth-order valence-corrected chi connectivity index (χ4v) is 2.98. The van der Waals surface area contributed by atoms with Crippen LogP contribution in [0, 0.1) is 0 Å². The fourth-order valence-electron chi connectivity index (χ4n) is 2.98. The van der Waals surface area contributed by atoms with Crippen LogP contribution >= 0.6 is 0 Å². The molecule has 0 bridgehead atoms. The summed E-state index contributed by atoms with van der Waals surface area (Å²) in [6, 6.07) is 14.6. The Hall–Kier alpha value is -2.86. The summed E-state index contributed by atoms with van der Waals surface area (Å²) in [5.74, 6) is -0.579. The van der Waals surface area contributed by atoms with E-state index >= 15 is 0 Å². The van der Waals surface area contributed by atoms with Crippen molar-refractivity contribution < 1.29 is 24.2 Å². The van der Waals surface area contributed by atoms with Crippen molar-refractivity contribution in [1.82, 2.24) is 0 Å². The number of nitrogens with zero attached hydrogens (tertiary/aromatic N) is 1. The number of carbonyl (C=O) groups excluding carboxylic acids is 1. The van der Waals surface area contributed by atoms with Gasteiger partial charge in [-0.05, 0) is 24.1 Å². The van der Waals surface area contributed by atoms with E-state index in [4.69, 9.17) is 9.47 Å². The first-order valence-electron chi connectivity index (χ1n) is 9.07. The van der Waals surface area contributed by atoms with Crippen LogP contribution in [0.4, 0.5) is 5.69 Å². The van der Waals surface area contributed by atoms with E-state index in [1.54, 1.807) is 11.0 Å². The number of ether oxygens (including phenoxy) is 2. The van der Waals surface area contributed by atoms with Gasteiger partial charge in [0, 0.05) is 31.1 Å². The molecule has 0 unspecified atom stereocenters. The van der Waals surface area contributed by atoms with Gasteiger partial charge in [0.1, 0.15) is 5.75 Å². The molecule has 0 aliphatic carbocycles. The average Bonchev–Trinajstić information content (AvgIpc) is 3.11. The number of aromatic carboxylic acids is 1. The van der Waals surface area contributed by atoms with E-state index in [1.165, 1.54) is 12.1 Å². The smallest absolute Gasteiger partial charge is 0.335 e. The summed E-state index contributed by atoms with van der Waals surface area (Å²) in [5, 5.41) is 9.31. The van der Waals surface area contributed by atoms with E-state index < -0.39 is 5.97 Å². The first kappa shape index (κ1) is 18.9. The number of carboxylic acids is 1. The highest BCUT2D eigenvalue weighted by Crippen LogP contribution is 2.28. The Kier molecular flexibility index (Phi) is 6.44. The maximum Gasteiger partial charge on any atom is 0.335 e. The third-order valence-electron chi connectivity index (χ3n) is 4.34. The number of hydrogen-bond donors (Lipinski definition) is 1. The van der Waals surface area contributed by atoms with Crippen LogP contribution in [0.25, 0.3) is 0 Å². The van der Waals surface area contributed by atoms with Crippen molar-refractivity contribution in [2.45, 2.75) is 25.9 Å². The van der Waals surface area contributed by atoms with Crippen LogP contribution < -0.4 is 9.64 Å². The van der Waals surface area contributed by atoms with Crippen molar-refractivity contribution in [1.29, 1.82) is 0 Å². The lowest BCUT2D eigenvalue weighted by atomic mass is 10.1. The maximum absolute atomic E-state index is 11.9. The molecule has 6 nitrogen and oxygen atoms in total. The number of rotatable bonds is 9. The molecule has 0 atom stereocenters. The molecule has 6 heteroatoms. The lowest BCUT2D eigenvalue weighted by molar-refractivity contribution is -0.117. The van der Waals surface area contributed by atoms with Gasteiger partial charge in [0.25, 0.3) is 0 Å². The highest BCUT2D eigenvalue weighted by atomic mass is 16.5. The second-order valence-electron chi connectivity index (χ2n) is 6.41. The zero-order valence-corrected chi connectivity index (χ0v) is 15.1. The molecule has 0 saturated carbocycles. The number of anilines is 1. The summed E-state index contributed by atoms with van der Waals surface area (Å²) < 4.78 is 11.3. The lowest BCUT2D eigenvalue weighted by Crippen LogP contribution is -2.24. The predicted octanol–water partition coefficient (Wildman–Crippen LogP) is 3.50. The number of carbonyl (C=O) groups is 2. The normalized spacial score (nSPS) is 13.8. The minimum atomic E-state index is -1.04. The van der Waals surface area contributed by atoms with Gasteiger partial charge < -0.3 is 19.5 Å². The zero-order chi connectivity index (χ0) is 19.1. The van der Waals surface area contributed by atoms with Crippen LogP contribution in [0.15, 0.2) is 48.5 Å². The Morgan fingerprint density at radius 2 is 1.93 bits per heavy atom. The van der Waals surface area contributed by atoms with Gasteiger partial charge in [-0.3, -0.25) is 4.79 Å². The van der Waals surface area contributed by atoms with E-state index in [0.29, 0.717) is 50.6 Å². The van der Waals surface area contributed by atoms with Gasteiger partial charge in [0.2, 0.25) is 5.91 Å². The maximum atomic E-state index is 11.9. The summed E-state index contributed by atoms with van der Waals surface area (Å²) in [6.07, 6.45) is 1.96. The second-order valence-corrected chi connectivity index (χ2v) is 6.41. The first-order valence-corrected chi connectivity index (χ1v) is 9.07. The van der Waals surface area contributed by atoms with E-state index in [9.17, 15) is 14.7 Å². The molecule has 1 saturated heterocycles. The van der Waals surface area contributed by atoms with Crippen LogP contribution in [-0.4, -0.2) is 36.7 Å². The molecule has 1 fully saturated rings. The summed E-state index contributed by atoms with van der Waals surface area (Å²) >= 11 is 0. The Morgan fingerprint density at radius 1 is 1.11 bits per heavy atom. The van der Waals surface area contributed by atoms with Crippen LogP contribution in [0.2, 0.25) is 0 Å². The van der Waals surface area contributed by atoms with Crippen LogP contribution in [0.1, 0.15) is 35.2 Å². The molecule has 0 spiro atoms. The predicted molar refractivity (Wildman–Crippen MR) is 101 cm³/mol. The molecule has 1 heterocycles. The summed E-state index contributed by atoms with van der Waals surface area (Å²) in [7, 11) is 0. The molecule has 2 aromatic carbocycles. The Labute approximate surface area is 158 Å². The van der Waals surface area contributed by atoms with Crippen LogP contribution in [0.3, 0.4) is 0 Å². The van der Waals surface area contributed by atoms with Gasteiger partial charge in [-0.2, -0.15) is 0 Å². The van der Waals surface area contributed by atoms with Crippen LogP contribution in [-0.2, 0) is 16.1 Å². The number of amides is 1. The summed E-state index contributed by atoms with van der Waals surface area (Å²) in [5.41, 5.74) is 1.81. The third kappa shape index (κ3) is 5.31. The van der Waals surface area contributed by atoms with Crippen molar-refractivity contribution in [3.63, 3.8) is 0 Å². The molecule has 1 N–H and O–H groups in total. The highest BCUT2D eigenvalue weighted by molar-refractivity contribution is 5.97. The molecule has 142 valence electrons. The van der Waals surface area contributed by atoms with Crippen molar-refractivity contribution in [3.05, 3.63) is 59.7 Å². The average molecular weight is 369 g/mol. The lowest BCUT2D eigenvalue weighted by Gasteiger charge is -2.18.